The molecule has 0 radical (unpaired) electrons. The molecule has 0 aliphatic carbocycles. The monoisotopic (exact) mass is 238 g/mol. The Morgan fingerprint density at radius 1 is 1.12 bits per heavy atom. The first kappa shape index (κ1) is 13.2. The highest BCUT2D eigenvalue weighted by Gasteiger charge is 2.29. The van der Waals surface area contributed by atoms with Gasteiger partial charge in [0.2, 0.25) is 0 Å². The average molecular weight is 239 g/mol. The zero-order chi connectivity index (χ0) is 10.6. The van der Waals surface area contributed by atoms with Crippen LogP contribution in [0, 0.1) is 0 Å². The van der Waals surface area contributed by atoms with Crippen LogP contribution >= 0.6 is 0 Å². The van der Waals surface area contributed by atoms with Gasteiger partial charge in [-0.05, 0) is 25.1 Å². The molecule has 0 aromatic heterocycles. The van der Waals surface area contributed by atoms with Crippen LogP contribution in [0.15, 0.2) is 42.6 Å². The number of allylic oxidation sites excluding steroid dienone is 1. The second-order valence-corrected chi connectivity index (χ2v) is 4.05. The summed E-state index contributed by atoms with van der Waals surface area (Å²) in [5.74, 6) is 0. The minimum absolute atomic E-state index is 0. The van der Waals surface area contributed by atoms with Gasteiger partial charge in [0.1, 0.15) is 18.8 Å². The van der Waals surface area contributed by atoms with Gasteiger partial charge in [-0.3, -0.25) is 4.48 Å². The fraction of sp³-hybridized carbons (Fsp3) is 0.385. The van der Waals surface area contributed by atoms with Crippen molar-refractivity contribution in [2.75, 3.05) is 26.2 Å². The van der Waals surface area contributed by atoms with Gasteiger partial charge in [-0.1, -0.05) is 18.2 Å². The van der Waals surface area contributed by atoms with Gasteiger partial charge in [-0.2, -0.15) is 0 Å². The van der Waals surface area contributed by atoms with Crippen molar-refractivity contribution < 1.29 is 12.4 Å². The summed E-state index contributed by atoms with van der Waals surface area (Å²) in [6.45, 7) is 6.59. The van der Waals surface area contributed by atoms with Crippen molar-refractivity contribution >= 4 is 5.69 Å². The van der Waals surface area contributed by atoms with Crippen LogP contribution in [-0.2, 0) is 0 Å². The van der Waals surface area contributed by atoms with Gasteiger partial charge < -0.3 is 17.7 Å². The first-order valence-electron chi connectivity index (χ1n) is 5.64. The zero-order valence-electron chi connectivity index (χ0n) is 9.70. The number of nitrogens with one attached hydrogen (secondary N) is 1. The molecule has 0 bridgehead atoms. The number of para-hydroxylation sites is 1. The minimum Gasteiger partial charge on any atom is -1.00 e. The van der Waals surface area contributed by atoms with E-state index in [0.29, 0.717) is 0 Å². The molecule has 2 rings (SSSR count). The van der Waals surface area contributed by atoms with Crippen molar-refractivity contribution in [2.45, 2.75) is 6.92 Å². The fourth-order valence-corrected chi connectivity index (χ4v) is 2.30. The third-order valence-electron chi connectivity index (χ3n) is 3.08. The van der Waals surface area contributed by atoms with Crippen LogP contribution in [0.1, 0.15) is 6.92 Å². The van der Waals surface area contributed by atoms with E-state index in [2.05, 4.69) is 54.8 Å². The van der Waals surface area contributed by atoms with Crippen molar-refractivity contribution in [2.24, 2.45) is 0 Å². The molecule has 16 heavy (non-hydrogen) atoms. The van der Waals surface area contributed by atoms with E-state index >= 15 is 0 Å². The molecule has 1 aliphatic heterocycles. The molecule has 0 saturated carbocycles. The summed E-state index contributed by atoms with van der Waals surface area (Å²) in [6, 6.07) is 10.8. The minimum atomic E-state index is 0. The second-order valence-electron chi connectivity index (χ2n) is 4.05. The maximum atomic E-state index is 3.42. The predicted octanol–water partition coefficient (Wildman–Crippen LogP) is -0.865. The normalized spacial score (nSPS) is 19.3. The van der Waals surface area contributed by atoms with Gasteiger partial charge in [0, 0.05) is 13.1 Å². The number of rotatable bonds is 2. The molecule has 3 heteroatoms. The highest BCUT2D eigenvalue weighted by Crippen LogP contribution is 2.24. The molecule has 1 aromatic rings. The molecule has 0 spiro atoms. The number of halogens is 1. The summed E-state index contributed by atoms with van der Waals surface area (Å²) in [5, 5.41) is 3.42. The van der Waals surface area contributed by atoms with Crippen molar-refractivity contribution in [3.63, 3.8) is 0 Å². The summed E-state index contributed by atoms with van der Waals surface area (Å²) < 4.78 is 0.990. The van der Waals surface area contributed by atoms with E-state index in [-0.39, 0.29) is 12.4 Å². The Labute approximate surface area is 104 Å². The molecule has 1 N–H and O–H groups in total. The van der Waals surface area contributed by atoms with Crippen molar-refractivity contribution in [3.8, 4) is 0 Å². The largest absolute Gasteiger partial charge is 1.00 e. The molecule has 88 valence electrons. The van der Waals surface area contributed by atoms with Gasteiger partial charge in [0.15, 0.2) is 0 Å². The number of hydrogen-bond acceptors (Lipinski definition) is 1. The quantitative estimate of drug-likeness (QED) is 0.661. The first-order valence-corrected chi connectivity index (χ1v) is 5.64. The molecule has 1 fully saturated rings. The Hall–Kier alpha value is -0.830. The van der Waals surface area contributed by atoms with Crippen LogP contribution in [0.3, 0.4) is 0 Å². The molecular formula is C13H19ClN2. The summed E-state index contributed by atoms with van der Waals surface area (Å²) in [5.41, 5.74) is 1.40. The third-order valence-corrected chi connectivity index (χ3v) is 3.08. The summed E-state index contributed by atoms with van der Waals surface area (Å²) in [6.07, 6.45) is 4.48. The molecule has 2 nitrogen and oxygen atoms in total. The molecule has 0 amide bonds. The van der Waals surface area contributed by atoms with E-state index in [0.717, 1.165) is 30.7 Å². The lowest BCUT2D eigenvalue weighted by Crippen LogP contribution is -3.00. The van der Waals surface area contributed by atoms with Crippen molar-refractivity contribution in [3.05, 3.63) is 42.6 Å². The second kappa shape index (κ2) is 6.04. The number of hydrogen-bond donors (Lipinski definition) is 1. The Morgan fingerprint density at radius 3 is 2.31 bits per heavy atom. The van der Waals surface area contributed by atoms with Crippen LogP contribution in [0.4, 0.5) is 5.69 Å². The van der Waals surface area contributed by atoms with E-state index in [1.807, 2.05) is 0 Å². The third kappa shape index (κ3) is 2.64. The molecule has 1 aromatic carbocycles. The number of piperazine rings is 1. The van der Waals surface area contributed by atoms with Crippen LogP contribution < -0.4 is 22.2 Å². The summed E-state index contributed by atoms with van der Waals surface area (Å²) >= 11 is 0. The van der Waals surface area contributed by atoms with Gasteiger partial charge in [0.05, 0.1) is 6.20 Å². The molecular weight excluding hydrogens is 220 g/mol. The molecule has 1 aliphatic rings. The highest BCUT2D eigenvalue weighted by atomic mass is 35.5. The fourth-order valence-electron chi connectivity index (χ4n) is 2.30. The molecule has 0 atom stereocenters. The number of quaternary nitrogens is 1. The topological polar surface area (TPSA) is 12.0 Å². The standard InChI is InChI=1S/C13H19N2.ClH/c1-2-10-15(11-8-14-9-12-15)13-6-4-3-5-7-13;/h2-7,10,14H,8-9,11-12H2,1H3;1H/q+1;/p-1/b10-2-;. The Kier molecular flexibility index (Phi) is 5.00. The number of nitrogens with zero attached hydrogens (tertiary/aromatic N) is 1. The van der Waals surface area contributed by atoms with Gasteiger partial charge >= 0.3 is 0 Å². The Morgan fingerprint density at radius 2 is 1.75 bits per heavy atom. The molecule has 0 unspecified atom stereocenters. The van der Waals surface area contributed by atoms with Crippen LogP contribution in [0.2, 0.25) is 0 Å². The smallest absolute Gasteiger partial charge is 0.137 e. The van der Waals surface area contributed by atoms with E-state index in [9.17, 15) is 0 Å². The highest BCUT2D eigenvalue weighted by molar-refractivity contribution is 5.45. The van der Waals surface area contributed by atoms with Gasteiger partial charge in [-0.25, -0.2) is 0 Å². The summed E-state index contributed by atoms with van der Waals surface area (Å²) in [4.78, 5) is 0. The predicted molar refractivity (Wildman–Crippen MR) is 65.7 cm³/mol. The van der Waals surface area contributed by atoms with Crippen molar-refractivity contribution in [1.82, 2.24) is 9.80 Å². The lowest BCUT2D eigenvalue weighted by atomic mass is 10.2. The van der Waals surface area contributed by atoms with E-state index in [4.69, 9.17) is 0 Å². The molecule has 1 heterocycles. The van der Waals surface area contributed by atoms with Gasteiger partial charge in [0.25, 0.3) is 0 Å². The van der Waals surface area contributed by atoms with Crippen LogP contribution in [0.5, 0.6) is 0 Å². The summed E-state index contributed by atoms with van der Waals surface area (Å²) in [7, 11) is 0. The van der Waals surface area contributed by atoms with Crippen LogP contribution in [0.25, 0.3) is 0 Å². The number of benzene rings is 1. The van der Waals surface area contributed by atoms with Crippen LogP contribution in [-0.4, -0.2) is 26.2 Å². The van der Waals surface area contributed by atoms with Crippen molar-refractivity contribution in [1.29, 1.82) is 0 Å². The lowest BCUT2D eigenvalue weighted by Gasteiger charge is -2.37. The zero-order valence-corrected chi connectivity index (χ0v) is 10.5. The maximum Gasteiger partial charge on any atom is 0.137 e. The average Bonchev–Trinajstić information content (AvgIpc) is 2.32. The molecule has 1 saturated heterocycles. The Balaban J connectivity index is 0.00000128. The first-order chi connectivity index (χ1) is 7.37. The van der Waals surface area contributed by atoms with E-state index < -0.39 is 0 Å². The lowest BCUT2D eigenvalue weighted by molar-refractivity contribution is -0.00000314. The van der Waals surface area contributed by atoms with E-state index in [1.54, 1.807) is 0 Å². The van der Waals surface area contributed by atoms with E-state index in [1.165, 1.54) is 5.69 Å². The Bertz CT molecular complexity index is 329. The SMILES string of the molecule is C/C=C\[N+]1(c2ccccc2)CCNCC1.[Cl-]. The maximum absolute atomic E-state index is 3.42. The van der Waals surface area contributed by atoms with Gasteiger partial charge in [-0.15, -0.1) is 0 Å².